The molecular weight excluding hydrogens is 173 g/mol. The molecule has 1 N–H and O–H groups in total. The van der Waals surface area contributed by atoms with E-state index in [0.717, 1.165) is 5.69 Å². The average Bonchev–Trinajstić information content (AvgIpc) is 2.13. The maximum absolute atomic E-state index is 10.5. The molecule has 2 nitrogen and oxygen atoms in total. The highest BCUT2D eigenvalue weighted by atomic mass is 35.5. The van der Waals surface area contributed by atoms with Crippen molar-refractivity contribution in [2.45, 2.75) is 6.92 Å². The van der Waals surface area contributed by atoms with Crippen molar-refractivity contribution in [2.75, 3.05) is 0 Å². The van der Waals surface area contributed by atoms with E-state index >= 15 is 0 Å². The molecule has 0 saturated carbocycles. The van der Waals surface area contributed by atoms with Gasteiger partial charge in [-0.1, -0.05) is 11.6 Å². The van der Waals surface area contributed by atoms with E-state index in [1.807, 2.05) is 0 Å². The lowest BCUT2D eigenvalue weighted by Gasteiger charge is -1.82. The minimum absolute atomic E-state index is 0.337. The van der Waals surface area contributed by atoms with Gasteiger partial charge in [0.05, 0.1) is 5.02 Å². The fourth-order valence-corrected chi connectivity index (χ4v) is 0.897. The third-order valence-electron chi connectivity index (χ3n) is 1.16. The maximum Gasteiger partial charge on any atom is 0.268 e. The second kappa shape index (κ2) is 2.64. The van der Waals surface area contributed by atoms with Gasteiger partial charge in [-0.2, -0.15) is 0 Å². The van der Waals surface area contributed by atoms with Crippen LogP contribution in [0.2, 0.25) is 5.02 Å². The normalized spacial score (nSPS) is 9.90. The molecule has 0 saturated heterocycles. The van der Waals surface area contributed by atoms with Crippen molar-refractivity contribution in [1.82, 2.24) is 4.98 Å². The summed E-state index contributed by atoms with van der Waals surface area (Å²) in [5.41, 5.74) is 1.09. The van der Waals surface area contributed by atoms with Crippen LogP contribution in [0.1, 0.15) is 16.2 Å². The van der Waals surface area contributed by atoms with Gasteiger partial charge in [0.25, 0.3) is 5.24 Å². The quantitative estimate of drug-likeness (QED) is 0.657. The van der Waals surface area contributed by atoms with E-state index in [9.17, 15) is 4.79 Å². The molecule has 0 aliphatic rings. The van der Waals surface area contributed by atoms with Gasteiger partial charge >= 0.3 is 0 Å². The first-order valence-corrected chi connectivity index (χ1v) is 3.42. The van der Waals surface area contributed by atoms with Gasteiger partial charge in [-0.15, -0.1) is 0 Å². The third kappa shape index (κ3) is 1.33. The molecule has 54 valence electrons. The summed E-state index contributed by atoms with van der Waals surface area (Å²) in [6.45, 7) is 1.77. The lowest BCUT2D eigenvalue weighted by atomic mass is 10.4. The molecule has 0 unspecified atom stereocenters. The minimum atomic E-state index is -0.519. The Labute approximate surface area is 68.1 Å². The number of aromatic amines is 1. The van der Waals surface area contributed by atoms with Gasteiger partial charge in [0.2, 0.25) is 0 Å². The molecule has 0 amide bonds. The standard InChI is InChI=1S/C6H5Cl2NO/c1-3-4(7)2-5(9-3)6(8)10/h2,9H,1H3. The zero-order chi connectivity index (χ0) is 7.72. The van der Waals surface area contributed by atoms with Crippen molar-refractivity contribution in [1.29, 1.82) is 0 Å². The van der Waals surface area contributed by atoms with Crippen molar-refractivity contribution in [3.63, 3.8) is 0 Å². The molecule has 10 heavy (non-hydrogen) atoms. The van der Waals surface area contributed by atoms with Gasteiger partial charge < -0.3 is 4.98 Å². The largest absolute Gasteiger partial charge is 0.354 e. The molecule has 0 aliphatic carbocycles. The number of hydrogen-bond donors (Lipinski definition) is 1. The van der Waals surface area contributed by atoms with Crippen molar-refractivity contribution >= 4 is 28.4 Å². The van der Waals surface area contributed by atoms with Crippen LogP contribution in [0.4, 0.5) is 0 Å². The van der Waals surface area contributed by atoms with E-state index in [-0.39, 0.29) is 0 Å². The molecule has 1 heterocycles. The second-order valence-electron chi connectivity index (χ2n) is 1.93. The van der Waals surface area contributed by atoms with E-state index in [2.05, 4.69) is 4.98 Å². The molecule has 0 radical (unpaired) electrons. The van der Waals surface area contributed by atoms with E-state index in [1.54, 1.807) is 6.92 Å². The van der Waals surface area contributed by atoms with Crippen LogP contribution in [0.25, 0.3) is 0 Å². The van der Waals surface area contributed by atoms with Gasteiger partial charge in [0.15, 0.2) is 0 Å². The summed E-state index contributed by atoms with van der Waals surface area (Å²) in [6, 6.07) is 1.51. The predicted molar refractivity (Wildman–Crippen MR) is 40.7 cm³/mol. The Morgan fingerprint density at radius 1 is 1.70 bits per heavy atom. The molecule has 0 spiro atoms. The first-order chi connectivity index (χ1) is 4.61. The summed E-state index contributed by atoms with van der Waals surface area (Å²) in [5, 5.41) is 0.0130. The SMILES string of the molecule is Cc1[nH]c(C(=O)Cl)cc1Cl. The molecule has 1 rings (SSSR count). The first-order valence-electron chi connectivity index (χ1n) is 2.66. The smallest absolute Gasteiger partial charge is 0.268 e. The zero-order valence-corrected chi connectivity index (χ0v) is 6.75. The molecule has 1 aromatic rings. The number of carbonyl (C=O) groups excluding carboxylic acids is 1. The number of halogens is 2. The molecule has 0 atom stereocenters. The lowest BCUT2D eigenvalue weighted by molar-refractivity contribution is 0.107. The van der Waals surface area contributed by atoms with Crippen LogP contribution in [0.15, 0.2) is 6.07 Å². The number of carbonyl (C=O) groups is 1. The van der Waals surface area contributed by atoms with E-state index in [1.165, 1.54) is 6.07 Å². The van der Waals surface area contributed by atoms with Crippen LogP contribution in [-0.2, 0) is 0 Å². The number of aromatic nitrogens is 1. The molecular formula is C6H5Cl2NO. The van der Waals surface area contributed by atoms with Crippen LogP contribution in [0, 0.1) is 6.92 Å². The van der Waals surface area contributed by atoms with Gasteiger partial charge in [-0.05, 0) is 24.6 Å². The highest BCUT2D eigenvalue weighted by molar-refractivity contribution is 6.67. The highest BCUT2D eigenvalue weighted by Crippen LogP contribution is 2.16. The number of nitrogens with one attached hydrogen (secondary N) is 1. The zero-order valence-electron chi connectivity index (χ0n) is 5.24. The summed E-state index contributed by atoms with van der Waals surface area (Å²) in [4.78, 5) is 13.2. The Kier molecular flexibility index (Phi) is 2.02. The summed E-state index contributed by atoms with van der Waals surface area (Å²) in [6.07, 6.45) is 0. The summed E-state index contributed by atoms with van der Waals surface area (Å²) >= 11 is 10.8. The molecule has 0 aliphatic heterocycles. The van der Waals surface area contributed by atoms with E-state index in [4.69, 9.17) is 23.2 Å². The second-order valence-corrected chi connectivity index (χ2v) is 2.68. The maximum atomic E-state index is 10.5. The van der Waals surface area contributed by atoms with Crippen molar-refractivity contribution < 1.29 is 4.79 Å². The van der Waals surface area contributed by atoms with Crippen molar-refractivity contribution in [2.24, 2.45) is 0 Å². The number of rotatable bonds is 1. The molecule has 0 aromatic carbocycles. The molecule has 4 heteroatoms. The van der Waals surface area contributed by atoms with Crippen LogP contribution in [-0.4, -0.2) is 10.2 Å². The Morgan fingerprint density at radius 3 is 2.50 bits per heavy atom. The summed E-state index contributed by atoms with van der Waals surface area (Å²) in [7, 11) is 0. The molecule has 0 fully saturated rings. The molecule has 0 bridgehead atoms. The highest BCUT2D eigenvalue weighted by Gasteiger charge is 2.06. The first kappa shape index (κ1) is 7.63. The van der Waals surface area contributed by atoms with Crippen molar-refractivity contribution in [3.8, 4) is 0 Å². The van der Waals surface area contributed by atoms with E-state index < -0.39 is 5.24 Å². The summed E-state index contributed by atoms with van der Waals surface area (Å²) in [5.74, 6) is 0. The Balaban J connectivity index is 3.10. The lowest BCUT2D eigenvalue weighted by Crippen LogP contribution is -1.86. The van der Waals surface area contributed by atoms with Crippen LogP contribution in [0.5, 0.6) is 0 Å². The van der Waals surface area contributed by atoms with Crippen LogP contribution < -0.4 is 0 Å². The topological polar surface area (TPSA) is 32.9 Å². The Morgan fingerprint density at radius 2 is 2.30 bits per heavy atom. The van der Waals surface area contributed by atoms with Gasteiger partial charge in [0.1, 0.15) is 5.69 Å². The summed E-state index contributed by atoms with van der Waals surface area (Å²) < 4.78 is 0. The van der Waals surface area contributed by atoms with Gasteiger partial charge in [-0.3, -0.25) is 4.79 Å². The van der Waals surface area contributed by atoms with Gasteiger partial charge in [-0.25, -0.2) is 0 Å². The minimum Gasteiger partial charge on any atom is -0.354 e. The number of hydrogen-bond acceptors (Lipinski definition) is 1. The average molecular weight is 178 g/mol. The number of aryl methyl sites for hydroxylation is 1. The monoisotopic (exact) mass is 177 g/mol. The fourth-order valence-electron chi connectivity index (χ4n) is 0.639. The Bertz CT molecular complexity index is 247. The van der Waals surface area contributed by atoms with Gasteiger partial charge in [0, 0.05) is 5.69 Å². The van der Waals surface area contributed by atoms with E-state index in [0.29, 0.717) is 10.7 Å². The van der Waals surface area contributed by atoms with Crippen LogP contribution in [0.3, 0.4) is 0 Å². The fraction of sp³-hybridized carbons (Fsp3) is 0.167. The number of H-pyrrole nitrogens is 1. The molecule has 1 aromatic heterocycles. The van der Waals surface area contributed by atoms with Crippen molar-refractivity contribution in [3.05, 3.63) is 22.5 Å². The predicted octanol–water partition coefficient (Wildman–Crippen LogP) is 2.36. The van der Waals surface area contributed by atoms with Crippen LogP contribution >= 0.6 is 23.2 Å². The Hall–Kier alpha value is -0.470. The third-order valence-corrected chi connectivity index (χ3v) is 1.76.